The van der Waals surface area contributed by atoms with Crippen LogP contribution in [0, 0.1) is 28.6 Å². The Kier molecular flexibility index (Phi) is 3.90. The Balaban J connectivity index is 2.31. The lowest BCUT2D eigenvalue weighted by Gasteiger charge is -2.09. The van der Waals surface area contributed by atoms with E-state index in [1.54, 1.807) is 18.3 Å². The van der Waals surface area contributed by atoms with Gasteiger partial charge in [-0.15, -0.1) is 0 Å². The predicted molar refractivity (Wildman–Crippen MR) is 70.0 cm³/mol. The van der Waals surface area contributed by atoms with Crippen LogP contribution in [0.4, 0.5) is 0 Å². The minimum Gasteiger partial charge on any atom is -0.267 e. The van der Waals surface area contributed by atoms with Crippen molar-refractivity contribution in [3.05, 3.63) is 40.8 Å². The van der Waals surface area contributed by atoms with Gasteiger partial charge in [-0.25, -0.2) is 4.68 Å². The minimum absolute atomic E-state index is 0.199. The number of rotatable bonds is 4. The third kappa shape index (κ3) is 2.78. The number of nitriles is 2. The summed E-state index contributed by atoms with van der Waals surface area (Å²) in [6, 6.07) is 11.3. The van der Waals surface area contributed by atoms with Crippen LogP contribution in [0.15, 0.2) is 35.3 Å². The van der Waals surface area contributed by atoms with Gasteiger partial charge in [0.05, 0.1) is 36.2 Å². The molecule has 0 saturated heterocycles. The maximum absolute atomic E-state index is 12.2. The van der Waals surface area contributed by atoms with Crippen molar-refractivity contribution in [3.63, 3.8) is 0 Å². The summed E-state index contributed by atoms with van der Waals surface area (Å²) in [7, 11) is 0. The molecule has 0 fully saturated rings. The van der Waals surface area contributed by atoms with Gasteiger partial charge in [0, 0.05) is 11.8 Å². The first kappa shape index (κ1) is 12.8. The lowest BCUT2D eigenvalue weighted by atomic mass is 10.1. The molecule has 0 bridgehead atoms. The van der Waals surface area contributed by atoms with Gasteiger partial charge in [0.2, 0.25) is 0 Å². The molecule has 94 valence electrons. The maximum atomic E-state index is 12.2. The fourth-order valence-corrected chi connectivity index (χ4v) is 1.90. The van der Waals surface area contributed by atoms with E-state index in [1.807, 2.05) is 18.2 Å². The Hall–Kier alpha value is -2.66. The number of fused-ring (bicyclic) bond motifs is 1. The van der Waals surface area contributed by atoms with Gasteiger partial charge < -0.3 is 0 Å². The van der Waals surface area contributed by atoms with E-state index in [1.165, 1.54) is 4.68 Å². The Morgan fingerprint density at radius 3 is 2.84 bits per heavy atom. The lowest BCUT2D eigenvalue weighted by Crippen LogP contribution is -2.26. The Labute approximate surface area is 110 Å². The van der Waals surface area contributed by atoms with Crippen LogP contribution in [0.5, 0.6) is 0 Å². The normalized spacial score (nSPS) is 11.7. The molecular weight excluding hydrogens is 240 g/mol. The molecule has 5 heteroatoms. The Morgan fingerprint density at radius 1 is 1.32 bits per heavy atom. The summed E-state index contributed by atoms with van der Waals surface area (Å²) >= 11 is 0. The number of aromatic nitrogens is 2. The summed E-state index contributed by atoms with van der Waals surface area (Å²) in [6.45, 7) is 0.224. The highest BCUT2D eigenvalue weighted by atomic mass is 16.1. The van der Waals surface area contributed by atoms with Crippen molar-refractivity contribution < 1.29 is 0 Å². The van der Waals surface area contributed by atoms with E-state index >= 15 is 0 Å². The van der Waals surface area contributed by atoms with E-state index in [0.29, 0.717) is 18.2 Å². The lowest BCUT2D eigenvalue weighted by molar-refractivity contribution is 0.461. The SMILES string of the molecule is N#CCCC(C#N)Cn1ncc2ccccc2c1=O. The van der Waals surface area contributed by atoms with Crippen molar-refractivity contribution in [3.8, 4) is 12.1 Å². The third-order valence-corrected chi connectivity index (χ3v) is 2.94. The zero-order valence-corrected chi connectivity index (χ0v) is 10.3. The Bertz CT molecular complexity index is 721. The van der Waals surface area contributed by atoms with Crippen LogP contribution in [0.1, 0.15) is 12.8 Å². The van der Waals surface area contributed by atoms with Crippen LogP contribution in [0.3, 0.4) is 0 Å². The van der Waals surface area contributed by atoms with Gasteiger partial charge >= 0.3 is 0 Å². The summed E-state index contributed by atoms with van der Waals surface area (Å²) in [4.78, 5) is 12.2. The zero-order chi connectivity index (χ0) is 13.7. The van der Waals surface area contributed by atoms with Crippen molar-refractivity contribution >= 4 is 10.8 Å². The second kappa shape index (κ2) is 5.79. The summed E-state index contributed by atoms with van der Waals surface area (Å²) in [5.41, 5.74) is -0.199. The van der Waals surface area contributed by atoms with Gasteiger partial charge in [0.25, 0.3) is 5.56 Å². The fraction of sp³-hybridized carbons (Fsp3) is 0.286. The maximum Gasteiger partial charge on any atom is 0.274 e. The number of benzene rings is 1. The largest absolute Gasteiger partial charge is 0.274 e. The van der Waals surface area contributed by atoms with Crippen LogP contribution in [-0.4, -0.2) is 9.78 Å². The van der Waals surface area contributed by atoms with Gasteiger partial charge in [-0.2, -0.15) is 15.6 Å². The van der Waals surface area contributed by atoms with Crippen LogP contribution in [0.2, 0.25) is 0 Å². The van der Waals surface area contributed by atoms with E-state index in [2.05, 4.69) is 11.2 Å². The molecule has 0 N–H and O–H groups in total. The van der Waals surface area contributed by atoms with Crippen LogP contribution in [-0.2, 0) is 6.54 Å². The first-order chi connectivity index (χ1) is 9.26. The molecule has 0 spiro atoms. The molecule has 0 amide bonds. The van der Waals surface area contributed by atoms with Gasteiger partial charge in [0.1, 0.15) is 0 Å². The van der Waals surface area contributed by atoms with Gasteiger partial charge in [0.15, 0.2) is 0 Å². The molecule has 0 aliphatic rings. The topological polar surface area (TPSA) is 82.5 Å². The molecule has 0 aliphatic carbocycles. The standard InChI is InChI=1S/C14H12N4O/c15-7-3-4-11(8-16)10-18-14(19)13-6-2-1-5-12(13)9-17-18/h1-2,5-6,9,11H,3-4,10H2. The minimum atomic E-state index is -0.369. The van der Waals surface area contributed by atoms with E-state index in [4.69, 9.17) is 10.5 Å². The van der Waals surface area contributed by atoms with Crippen LogP contribution in [0.25, 0.3) is 10.8 Å². The van der Waals surface area contributed by atoms with E-state index in [-0.39, 0.29) is 18.0 Å². The number of hydrogen-bond donors (Lipinski definition) is 0. The molecule has 1 unspecified atom stereocenters. The summed E-state index contributed by atoms with van der Waals surface area (Å²) < 4.78 is 1.30. The number of hydrogen-bond acceptors (Lipinski definition) is 4. The average Bonchev–Trinajstić information content (AvgIpc) is 2.46. The molecule has 1 aromatic heterocycles. The molecule has 1 aromatic carbocycles. The summed E-state index contributed by atoms with van der Waals surface area (Å²) in [5, 5.41) is 23.0. The van der Waals surface area contributed by atoms with Gasteiger partial charge in [-0.3, -0.25) is 4.79 Å². The van der Waals surface area contributed by atoms with Gasteiger partial charge in [-0.1, -0.05) is 18.2 Å². The van der Waals surface area contributed by atoms with Crippen molar-refractivity contribution in [1.29, 1.82) is 10.5 Å². The molecule has 1 atom stereocenters. The van der Waals surface area contributed by atoms with Crippen molar-refractivity contribution in [1.82, 2.24) is 9.78 Å². The summed E-state index contributed by atoms with van der Waals surface area (Å²) in [6.07, 6.45) is 2.38. The monoisotopic (exact) mass is 252 g/mol. The number of nitrogens with zero attached hydrogens (tertiary/aromatic N) is 4. The van der Waals surface area contributed by atoms with Crippen LogP contribution < -0.4 is 5.56 Å². The molecule has 0 aliphatic heterocycles. The highest BCUT2D eigenvalue weighted by molar-refractivity contribution is 5.80. The molecule has 1 heterocycles. The second-order valence-corrected chi connectivity index (χ2v) is 4.24. The smallest absolute Gasteiger partial charge is 0.267 e. The molecule has 2 aromatic rings. The highest BCUT2D eigenvalue weighted by Crippen LogP contribution is 2.09. The first-order valence-electron chi connectivity index (χ1n) is 5.97. The van der Waals surface area contributed by atoms with E-state index in [0.717, 1.165) is 5.39 Å². The second-order valence-electron chi connectivity index (χ2n) is 4.24. The van der Waals surface area contributed by atoms with E-state index < -0.39 is 0 Å². The zero-order valence-electron chi connectivity index (χ0n) is 10.3. The highest BCUT2D eigenvalue weighted by Gasteiger charge is 2.11. The molecule has 2 rings (SSSR count). The fourth-order valence-electron chi connectivity index (χ4n) is 1.90. The van der Waals surface area contributed by atoms with Crippen LogP contribution >= 0.6 is 0 Å². The molecule has 0 radical (unpaired) electrons. The van der Waals surface area contributed by atoms with Crippen molar-refractivity contribution in [2.75, 3.05) is 0 Å². The molecule has 5 nitrogen and oxygen atoms in total. The quantitative estimate of drug-likeness (QED) is 0.831. The summed E-state index contributed by atoms with van der Waals surface area (Å²) in [5.74, 6) is -0.369. The van der Waals surface area contributed by atoms with Gasteiger partial charge in [-0.05, 0) is 12.5 Å². The molecular formula is C14H12N4O. The Morgan fingerprint density at radius 2 is 2.11 bits per heavy atom. The van der Waals surface area contributed by atoms with E-state index in [9.17, 15) is 4.79 Å². The first-order valence-corrected chi connectivity index (χ1v) is 5.97. The molecule has 0 saturated carbocycles. The van der Waals surface area contributed by atoms with Crippen molar-refractivity contribution in [2.24, 2.45) is 5.92 Å². The predicted octanol–water partition coefficient (Wildman–Crippen LogP) is 1.84. The average molecular weight is 252 g/mol. The molecule has 19 heavy (non-hydrogen) atoms. The van der Waals surface area contributed by atoms with Crippen molar-refractivity contribution in [2.45, 2.75) is 19.4 Å². The third-order valence-electron chi connectivity index (χ3n) is 2.94.